The van der Waals surface area contributed by atoms with E-state index >= 15 is 0 Å². The maximum absolute atomic E-state index is 14.6. The molecule has 0 saturated heterocycles. The Bertz CT molecular complexity index is 1480. The van der Waals surface area contributed by atoms with Gasteiger partial charge in [0.25, 0.3) is 5.91 Å². The second-order valence-corrected chi connectivity index (χ2v) is 7.92. The fourth-order valence-electron chi connectivity index (χ4n) is 3.50. The van der Waals surface area contributed by atoms with E-state index in [1.54, 1.807) is 34.9 Å². The number of imidazole rings is 1. The van der Waals surface area contributed by atoms with Crippen molar-refractivity contribution in [1.82, 2.24) is 19.9 Å². The molecule has 3 aromatic carbocycles. The van der Waals surface area contributed by atoms with Gasteiger partial charge < -0.3 is 9.88 Å². The van der Waals surface area contributed by atoms with Crippen LogP contribution in [0.4, 0.5) is 10.2 Å². The second-order valence-electron chi connectivity index (χ2n) is 7.11. The molecule has 0 atom stereocenters. The molecule has 7 nitrogen and oxygen atoms in total. The van der Waals surface area contributed by atoms with E-state index in [-0.39, 0.29) is 33.7 Å². The first-order valence-electron chi connectivity index (χ1n) is 9.80. The highest BCUT2D eigenvalue weighted by molar-refractivity contribution is 6.34. The summed E-state index contributed by atoms with van der Waals surface area (Å²) >= 11 is 12.4. The van der Waals surface area contributed by atoms with Crippen LogP contribution in [0.2, 0.25) is 10.0 Å². The molecule has 0 bridgehead atoms. The van der Waals surface area contributed by atoms with Crippen molar-refractivity contribution in [3.8, 4) is 11.5 Å². The highest BCUT2D eigenvalue weighted by Crippen LogP contribution is 2.31. The molecule has 33 heavy (non-hydrogen) atoms. The van der Waals surface area contributed by atoms with Gasteiger partial charge in [-0.25, -0.2) is 14.0 Å². The summed E-state index contributed by atoms with van der Waals surface area (Å²) in [5, 5.41) is 11.0. The van der Waals surface area contributed by atoms with E-state index in [4.69, 9.17) is 27.8 Å². The van der Waals surface area contributed by atoms with E-state index < -0.39 is 11.7 Å². The summed E-state index contributed by atoms with van der Waals surface area (Å²) in [6.45, 7) is 0.0755. The van der Waals surface area contributed by atoms with Crippen LogP contribution < -0.4 is 5.32 Å². The number of aromatic nitrogens is 4. The van der Waals surface area contributed by atoms with Gasteiger partial charge in [0.05, 0.1) is 28.2 Å². The van der Waals surface area contributed by atoms with Crippen LogP contribution in [-0.4, -0.2) is 25.8 Å². The predicted octanol–water partition coefficient (Wildman–Crippen LogP) is 5.83. The standard InChI is InChI=1S/C23H14Cl2FN5O2/c24-15-7-2-1-6-13(15)23(32)28-21-20(29-33-30-21)22-27-18-10-3-4-11-19(18)31(22)12-14-16(25)8-5-9-17(14)26/h1-11H,12H2,(H,28,30,32). The summed E-state index contributed by atoms with van der Waals surface area (Å²) in [5.74, 6) is -0.559. The van der Waals surface area contributed by atoms with Gasteiger partial charge in [-0.15, -0.1) is 0 Å². The maximum Gasteiger partial charge on any atom is 0.258 e. The normalized spacial score (nSPS) is 11.1. The van der Waals surface area contributed by atoms with Crippen LogP contribution in [0.1, 0.15) is 15.9 Å². The molecule has 0 aliphatic heterocycles. The zero-order valence-corrected chi connectivity index (χ0v) is 18.3. The number of nitrogens with zero attached hydrogens (tertiary/aromatic N) is 4. The first-order valence-corrected chi connectivity index (χ1v) is 10.6. The number of rotatable bonds is 5. The van der Waals surface area contributed by atoms with Gasteiger partial charge in [-0.3, -0.25) is 4.79 Å². The quantitative estimate of drug-likeness (QED) is 0.341. The number of anilines is 1. The van der Waals surface area contributed by atoms with E-state index in [2.05, 4.69) is 20.6 Å². The van der Waals surface area contributed by atoms with Gasteiger partial charge in [-0.1, -0.05) is 53.5 Å². The minimum atomic E-state index is -0.489. The summed E-state index contributed by atoms with van der Waals surface area (Å²) in [5.41, 5.74) is 2.10. The van der Waals surface area contributed by atoms with Crippen LogP contribution in [0.3, 0.4) is 0 Å². The lowest BCUT2D eigenvalue weighted by molar-refractivity contribution is 0.102. The number of nitrogens with one attached hydrogen (secondary N) is 1. The molecule has 1 amide bonds. The number of carbonyl (C=O) groups is 1. The van der Waals surface area contributed by atoms with Crippen LogP contribution >= 0.6 is 23.2 Å². The number of para-hydroxylation sites is 2. The fourth-order valence-corrected chi connectivity index (χ4v) is 3.94. The summed E-state index contributed by atoms with van der Waals surface area (Å²) in [6, 6.07) is 18.4. The van der Waals surface area contributed by atoms with Crippen LogP contribution in [0.25, 0.3) is 22.6 Å². The highest BCUT2D eigenvalue weighted by atomic mass is 35.5. The molecule has 164 valence electrons. The van der Waals surface area contributed by atoms with Gasteiger partial charge in [0.15, 0.2) is 11.5 Å². The first kappa shape index (κ1) is 21.1. The van der Waals surface area contributed by atoms with Gasteiger partial charge in [0, 0.05) is 10.6 Å². The number of hydrogen-bond donors (Lipinski definition) is 1. The zero-order chi connectivity index (χ0) is 22.9. The molecule has 0 aliphatic rings. The highest BCUT2D eigenvalue weighted by Gasteiger charge is 2.24. The minimum Gasteiger partial charge on any atom is -0.318 e. The first-order chi connectivity index (χ1) is 16.0. The lowest BCUT2D eigenvalue weighted by Crippen LogP contribution is -2.14. The summed E-state index contributed by atoms with van der Waals surface area (Å²) in [7, 11) is 0. The Morgan fingerprint density at radius 1 is 0.970 bits per heavy atom. The third-order valence-corrected chi connectivity index (χ3v) is 5.77. The number of hydrogen-bond acceptors (Lipinski definition) is 5. The third-order valence-electron chi connectivity index (χ3n) is 5.08. The molecule has 0 fully saturated rings. The molecule has 2 aromatic heterocycles. The molecule has 5 rings (SSSR count). The molecule has 1 N–H and O–H groups in total. The number of benzene rings is 3. The van der Waals surface area contributed by atoms with E-state index in [1.807, 2.05) is 24.3 Å². The molecule has 0 radical (unpaired) electrons. The fraction of sp³-hybridized carbons (Fsp3) is 0.0435. The van der Waals surface area contributed by atoms with Crippen molar-refractivity contribution in [1.29, 1.82) is 0 Å². The average molecular weight is 482 g/mol. The van der Waals surface area contributed by atoms with E-state index in [1.165, 1.54) is 12.1 Å². The lowest BCUT2D eigenvalue weighted by atomic mass is 10.2. The molecule has 0 saturated carbocycles. The van der Waals surface area contributed by atoms with Crippen LogP contribution in [0.5, 0.6) is 0 Å². The monoisotopic (exact) mass is 481 g/mol. The number of carbonyl (C=O) groups excluding carboxylic acids is 1. The average Bonchev–Trinajstić information content (AvgIpc) is 3.40. The Morgan fingerprint density at radius 3 is 2.55 bits per heavy atom. The summed E-state index contributed by atoms with van der Waals surface area (Å²) in [4.78, 5) is 17.4. The third kappa shape index (κ3) is 3.94. The topological polar surface area (TPSA) is 85.8 Å². The molecule has 0 aliphatic carbocycles. The number of fused-ring (bicyclic) bond motifs is 1. The largest absolute Gasteiger partial charge is 0.318 e. The van der Waals surface area contributed by atoms with Crippen molar-refractivity contribution in [3.63, 3.8) is 0 Å². The number of halogens is 3. The number of amides is 1. The SMILES string of the molecule is O=C(Nc1nonc1-c1nc2ccccc2n1Cc1c(F)cccc1Cl)c1ccccc1Cl. The van der Waals surface area contributed by atoms with Crippen LogP contribution in [-0.2, 0) is 6.54 Å². The zero-order valence-electron chi connectivity index (χ0n) is 16.8. The van der Waals surface area contributed by atoms with E-state index in [0.717, 1.165) is 5.52 Å². The van der Waals surface area contributed by atoms with Crippen molar-refractivity contribution in [2.75, 3.05) is 5.32 Å². The molecular formula is C23H14Cl2FN5O2. The van der Waals surface area contributed by atoms with Gasteiger partial charge >= 0.3 is 0 Å². The molecular weight excluding hydrogens is 468 g/mol. The molecule has 0 unspecified atom stereocenters. The van der Waals surface area contributed by atoms with Crippen molar-refractivity contribution in [2.45, 2.75) is 6.54 Å². The second kappa shape index (κ2) is 8.65. The molecule has 0 spiro atoms. The Hall–Kier alpha value is -3.75. The molecule has 5 aromatic rings. The lowest BCUT2D eigenvalue weighted by Gasteiger charge is -2.11. The van der Waals surface area contributed by atoms with Crippen molar-refractivity contribution >= 4 is 46.0 Å². The smallest absolute Gasteiger partial charge is 0.258 e. The maximum atomic E-state index is 14.6. The van der Waals surface area contributed by atoms with Crippen molar-refractivity contribution in [2.24, 2.45) is 0 Å². The van der Waals surface area contributed by atoms with E-state index in [0.29, 0.717) is 16.9 Å². The molecule has 10 heteroatoms. The Morgan fingerprint density at radius 2 is 1.73 bits per heavy atom. The van der Waals surface area contributed by atoms with Gasteiger partial charge in [0.1, 0.15) is 5.82 Å². The summed E-state index contributed by atoms with van der Waals surface area (Å²) in [6.07, 6.45) is 0. The van der Waals surface area contributed by atoms with Gasteiger partial charge in [-0.2, -0.15) is 0 Å². The van der Waals surface area contributed by atoms with Crippen molar-refractivity contribution in [3.05, 3.63) is 93.7 Å². The predicted molar refractivity (Wildman–Crippen MR) is 123 cm³/mol. The van der Waals surface area contributed by atoms with Gasteiger partial charge in [0.2, 0.25) is 5.82 Å². The molecule has 2 heterocycles. The Balaban J connectivity index is 1.59. The van der Waals surface area contributed by atoms with E-state index in [9.17, 15) is 9.18 Å². The Kier molecular flexibility index (Phi) is 5.53. The Labute approximate surface area is 196 Å². The minimum absolute atomic E-state index is 0.0520. The van der Waals surface area contributed by atoms with Crippen molar-refractivity contribution < 1.29 is 13.8 Å². The van der Waals surface area contributed by atoms with Crippen LogP contribution in [0, 0.1) is 5.82 Å². The van der Waals surface area contributed by atoms with Gasteiger partial charge in [-0.05, 0) is 46.7 Å². The van der Waals surface area contributed by atoms with Crippen LogP contribution in [0.15, 0.2) is 71.4 Å². The summed E-state index contributed by atoms with van der Waals surface area (Å²) < 4.78 is 21.2.